The summed E-state index contributed by atoms with van der Waals surface area (Å²) in [5, 5.41) is 5.00. The lowest BCUT2D eigenvalue weighted by atomic mass is 10.0. The molecule has 1 amide bonds. The molecule has 10 nitrogen and oxygen atoms in total. The van der Waals surface area contributed by atoms with Crippen molar-refractivity contribution >= 4 is 44.8 Å². The van der Waals surface area contributed by atoms with Crippen LogP contribution in [0, 0.1) is 0 Å². The third-order valence-corrected chi connectivity index (χ3v) is 8.74. The van der Waals surface area contributed by atoms with Crippen LogP contribution >= 0.6 is 11.3 Å². The summed E-state index contributed by atoms with van der Waals surface area (Å²) >= 11 is 1.50. The molecule has 14 heteroatoms. The summed E-state index contributed by atoms with van der Waals surface area (Å²) in [5.74, 6) is -0.00840. The van der Waals surface area contributed by atoms with Crippen LogP contribution in [0.2, 0.25) is 0 Å². The van der Waals surface area contributed by atoms with E-state index in [9.17, 15) is 22.8 Å². The number of thiazole rings is 1. The first-order chi connectivity index (χ1) is 21.2. The van der Waals surface area contributed by atoms with Gasteiger partial charge >= 0.3 is 12.3 Å². The normalized spacial score (nSPS) is 15.9. The van der Waals surface area contributed by atoms with Gasteiger partial charge in [-0.25, -0.2) is 4.98 Å². The summed E-state index contributed by atoms with van der Waals surface area (Å²) in [6.45, 7) is 1.39. The summed E-state index contributed by atoms with van der Waals surface area (Å²) in [7, 11) is 1.27. The van der Waals surface area contributed by atoms with Crippen LogP contribution in [-0.2, 0) is 25.7 Å². The van der Waals surface area contributed by atoms with Crippen LogP contribution in [0.5, 0.6) is 5.75 Å². The first kappa shape index (κ1) is 29.9. The zero-order valence-electron chi connectivity index (χ0n) is 23.7. The number of amides is 1. The Balaban J connectivity index is 1.12. The molecule has 0 atom stereocenters. The van der Waals surface area contributed by atoms with Crippen molar-refractivity contribution in [3.05, 3.63) is 53.8 Å². The maximum Gasteiger partial charge on any atom is 0.573 e. The number of rotatable bonds is 11. The van der Waals surface area contributed by atoms with Crippen molar-refractivity contribution in [3.63, 3.8) is 0 Å². The van der Waals surface area contributed by atoms with Crippen molar-refractivity contribution in [3.8, 4) is 17.0 Å². The van der Waals surface area contributed by atoms with Crippen molar-refractivity contribution in [2.24, 2.45) is 0 Å². The minimum atomic E-state index is -4.84. The van der Waals surface area contributed by atoms with Crippen LogP contribution < -0.4 is 14.5 Å². The zero-order chi connectivity index (χ0) is 30.8. The molecule has 1 saturated heterocycles. The zero-order valence-corrected chi connectivity index (χ0v) is 24.5. The molecule has 2 aliphatic rings. The third-order valence-electron chi connectivity index (χ3n) is 7.66. The smallest absolute Gasteiger partial charge is 0.468 e. The Bertz CT molecular complexity index is 1650. The van der Waals surface area contributed by atoms with Crippen molar-refractivity contribution in [1.29, 1.82) is 0 Å². The molecule has 0 spiro atoms. The molecule has 0 N–H and O–H groups in total. The number of methoxy groups -OCH3 is 1. The van der Waals surface area contributed by atoms with E-state index in [-0.39, 0.29) is 36.5 Å². The van der Waals surface area contributed by atoms with Crippen molar-refractivity contribution < 1.29 is 41.5 Å². The molecule has 1 aliphatic carbocycles. The highest BCUT2D eigenvalue weighted by Gasteiger charge is 2.36. The fourth-order valence-corrected chi connectivity index (χ4v) is 6.29. The molecule has 6 rings (SSSR count). The van der Waals surface area contributed by atoms with E-state index < -0.39 is 12.3 Å². The first-order valence-electron chi connectivity index (χ1n) is 14.1. The lowest BCUT2D eigenvalue weighted by molar-refractivity contribution is -0.274. The predicted molar refractivity (Wildman–Crippen MR) is 156 cm³/mol. The quantitative estimate of drug-likeness (QED) is 0.145. The van der Waals surface area contributed by atoms with E-state index in [4.69, 9.17) is 14.2 Å². The average Bonchev–Trinajstić information content (AvgIpc) is 3.63. The first-order valence-corrected chi connectivity index (χ1v) is 14.9. The molecule has 0 unspecified atom stereocenters. The van der Waals surface area contributed by atoms with Crippen LogP contribution in [0.4, 0.5) is 24.0 Å². The predicted octanol–water partition coefficient (Wildman–Crippen LogP) is 6.05. The summed E-state index contributed by atoms with van der Waals surface area (Å²) in [5.41, 5.74) is 2.53. The van der Waals surface area contributed by atoms with Gasteiger partial charge < -0.3 is 28.5 Å². The molecular formula is C30H29F3N4O6S. The molecule has 1 aliphatic heterocycles. The minimum absolute atomic E-state index is 0.0665. The maximum absolute atomic E-state index is 13.1. The Hall–Kier alpha value is -4.17. The minimum Gasteiger partial charge on any atom is -0.468 e. The van der Waals surface area contributed by atoms with E-state index in [1.807, 2.05) is 12.1 Å². The van der Waals surface area contributed by atoms with E-state index in [2.05, 4.69) is 19.5 Å². The highest BCUT2D eigenvalue weighted by molar-refractivity contribution is 7.22. The molecular weight excluding hydrogens is 601 g/mol. The van der Waals surface area contributed by atoms with Gasteiger partial charge in [0.2, 0.25) is 6.41 Å². The number of alkyl halides is 3. The second-order valence-corrected chi connectivity index (χ2v) is 11.7. The molecule has 0 radical (unpaired) electrons. The number of esters is 1. The molecule has 44 heavy (non-hydrogen) atoms. The molecule has 4 aromatic rings. The number of hydrogen-bond donors (Lipinski definition) is 0. The van der Waals surface area contributed by atoms with Gasteiger partial charge in [-0.2, -0.15) is 0 Å². The Morgan fingerprint density at radius 2 is 1.93 bits per heavy atom. The standard InChI is InChI=1S/C30H29F3N4O6S/c1-40-26(39)15-37(17-38)19-8-9-23-25(14-19)44-29(34-23)36-12-10-20(11-13-36)41-16-22-27(35-43-28(22)18-6-7-18)21-4-2-3-5-24(21)42-30(31,32)33/h2-5,8-9,14,17-18,20H,6-7,10-13,15-16H2,1H3. The van der Waals surface area contributed by atoms with Gasteiger partial charge in [0, 0.05) is 35.8 Å². The summed E-state index contributed by atoms with van der Waals surface area (Å²) < 4.78 is 61.0. The lowest BCUT2D eigenvalue weighted by Crippen LogP contribution is -2.36. The van der Waals surface area contributed by atoms with Crippen LogP contribution in [0.1, 0.15) is 42.9 Å². The summed E-state index contributed by atoms with van der Waals surface area (Å²) in [6, 6.07) is 11.3. The largest absolute Gasteiger partial charge is 0.573 e. The summed E-state index contributed by atoms with van der Waals surface area (Å²) in [4.78, 5) is 31.4. The molecule has 0 bridgehead atoms. The Morgan fingerprint density at radius 1 is 1.16 bits per heavy atom. The number of carbonyl (C=O) groups is 2. The SMILES string of the molecule is COC(=O)CN(C=O)c1ccc2nc(N3CCC(OCc4c(-c5ccccc5OC(F)(F)F)noc4C4CC4)CC3)sc2c1. The topological polar surface area (TPSA) is 107 Å². The number of nitrogens with zero attached hydrogens (tertiary/aromatic N) is 4. The van der Waals surface area contributed by atoms with E-state index in [0.717, 1.165) is 41.0 Å². The van der Waals surface area contributed by atoms with Crippen LogP contribution in [-0.4, -0.2) is 61.7 Å². The number of carbonyl (C=O) groups excluding carboxylic acids is 2. The Labute approximate surface area is 254 Å². The number of ether oxygens (including phenoxy) is 3. The highest BCUT2D eigenvalue weighted by atomic mass is 32.1. The number of halogens is 3. The van der Waals surface area contributed by atoms with Crippen LogP contribution in [0.3, 0.4) is 0 Å². The van der Waals surface area contributed by atoms with Gasteiger partial charge in [0.25, 0.3) is 0 Å². The molecule has 2 aromatic heterocycles. The fourth-order valence-electron chi connectivity index (χ4n) is 5.24. The van der Waals surface area contributed by atoms with Crippen LogP contribution in [0.15, 0.2) is 47.0 Å². The number of benzene rings is 2. The fraction of sp³-hybridized carbons (Fsp3) is 0.400. The number of anilines is 2. The van der Waals surface area contributed by atoms with Crippen LogP contribution in [0.25, 0.3) is 21.5 Å². The second-order valence-electron chi connectivity index (χ2n) is 10.6. The molecule has 2 aromatic carbocycles. The number of aromatic nitrogens is 2. The van der Waals surface area contributed by atoms with Gasteiger partial charge in [-0.1, -0.05) is 28.6 Å². The monoisotopic (exact) mass is 630 g/mol. The molecule has 232 valence electrons. The molecule has 1 saturated carbocycles. The van der Waals surface area contributed by atoms with Gasteiger partial charge in [-0.3, -0.25) is 9.59 Å². The van der Waals surface area contributed by atoms with Crippen molar-refractivity contribution in [2.75, 3.05) is 36.5 Å². The van der Waals surface area contributed by atoms with E-state index >= 15 is 0 Å². The second kappa shape index (κ2) is 12.4. The van der Waals surface area contributed by atoms with Gasteiger partial charge in [-0.15, -0.1) is 13.2 Å². The van der Waals surface area contributed by atoms with Crippen molar-refractivity contribution in [2.45, 2.75) is 50.7 Å². The Morgan fingerprint density at radius 3 is 2.64 bits per heavy atom. The highest BCUT2D eigenvalue weighted by Crippen LogP contribution is 2.46. The average molecular weight is 631 g/mol. The van der Waals surface area contributed by atoms with E-state index in [0.29, 0.717) is 42.2 Å². The number of para-hydroxylation sites is 1. The van der Waals surface area contributed by atoms with Gasteiger partial charge in [0.15, 0.2) is 5.13 Å². The van der Waals surface area contributed by atoms with Gasteiger partial charge in [-0.05, 0) is 56.0 Å². The van der Waals surface area contributed by atoms with E-state index in [1.165, 1.54) is 41.5 Å². The van der Waals surface area contributed by atoms with Crippen molar-refractivity contribution in [1.82, 2.24) is 10.1 Å². The van der Waals surface area contributed by atoms with E-state index in [1.54, 1.807) is 12.1 Å². The maximum atomic E-state index is 13.1. The van der Waals surface area contributed by atoms with Gasteiger partial charge in [0.05, 0.1) is 30.0 Å². The number of fused-ring (bicyclic) bond motifs is 1. The third kappa shape index (κ3) is 6.65. The molecule has 3 heterocycles. The van der Waals surface area contributed by atoms with Gasteiger partial charge in [0.1, 0.15) is 23.7 Å². The number of piperidine rings is 1. The Kier molecular flexibility index (Phi) is 8.45. The lowest BCUT2D eigenvalue weighted by Gasteiger charge is -2.31. The molecule has 2 fully saturated rings. The number of hydrogen-bond acceptors (Lipinski definition) is 10. The summed E-state index contributed by atoms with van der Waals surface area (Å²) in [6.07, 6.45) is -0.987.